The first-order valence-corrected chi connectivity index (χ1v) is 11.8. The second-order valence-corrected chi connectivity index (χ2v) is 10.2. The maximum Gasteiger partial charge on any atom is 0.123 e. The van der Waals surface area contributed by atoms with E-state index in [0.717, 1.165) is 12.8 Å². The third-order valence-electron chi connectivity index (χ3n) is 5.74. The first-order chi connectivity index (χ1) is 17.1. The second-order valence-electron chi connectivity index (χ2n) is 9.81. The van der Waals surface area contributed by atoms with Crippen molar-refractivity contribution < 1.29 is 5.76 Å². The van der Waals surface area contributed by atoms with Crippen LogP contribution in [0.4, 0.5) is 15.8 Å². The van der Waals surface area contributed by atoms with Gasteiger partial charge in [-0.2, -0.15) is 5.26 Å². The lowest BCUT2D eigenvalue weighted by Crippen LogP contribution is -2.38. The van der Waals surface area contributed by atoms with Gasteiger partial charge in [0.15, 0.2) is 0 Å². The summed E-state index contributed by atoms with van der Waals surface area (Å²) in [5, 5.41) is 19.4. The molecule has 2 aromatic carbocycles. The van der Waals surface area contributed by atoms with Gasteiger partial charge in [-0.15, -0.1) is 5.53 Å². The van der Waals surface area contributed by atoms with E-state index >= 15 is 0 Å². The number of rotatable bonds is 6. The van der Waals surface area contributed by atoms with Crippen LogP contribution >= 0.6 is 11.6 Å². The summed E-state index contributed by atoms with van der Waals surface area (Å²) in [6.07, 6.45) is 5.52. The Bertz CT molecular complexity index is 1390. The molecular formula is C26H27ClFN7. The van der Waals surface area contributed by atoms with Gasteiger partial charge in [0.25, 0.3) is 0 Å². The van der Waals surface area contributed by atoms with Crippen molar-refractivity contribution in [1.82, 2.24) is 21.0 Å². The maximum absolute atomic E-state index is 13.7. The number of fused-ring (bicyclic) bond motifs is 1. The van der Waals surface area contributed by atoms with Crippen molar-refractivity contribution in [3.8, 4) is 6.07 Å². The van der Waals surface area contributed by atoms with Crippen LogP contribution < -0.4 is 21.6 Å². The van der Waals surface area contributed by atoms with Crippen LogP contribution in [0, 0.1) is 17.1 Å². The Kier molecular flexibility index (Phi) is 5.59. The molecule has 0 saturated heterocycles. The lowest BCUT2D eigenvalue weighted by atomic mass is 10.0. The Hall–Kier alpha value is -3.54. The van der Waals surface area contributed by atoms with Crippen LogP contribution in [0.1, 0.15) is 52.1 Å². The second kappa shape index (κ2) is 8.91. The lowest BCUT2D eigenvalue weighted by Gasteiger charge is -2.25. The first kappa shape index (κ1) is 22.0. The van der Waals surface area contributed by atoms with E-state index in [1.54, 1.807) is 18.2 Å². The van der Waals surface area contributed by atoms with Crippen LogP contribution in [0.5, 0.6) is 0 Å². The average molecular weight is 493 g/mol. The van der Waals surface area contributed by atoms with Crippen molar-refractivity contribution in [2.45, 2.75) is 51.2 Å². The number of pyridine rings is 1. The molecule has 1 fully saturated rings. The fourth-order valence-corrected chi connectivity index (χ4v) is 4.26. The molecule has 180 valence electrons. The van der Waals surface area contributed by atoms with Crippen LogP contribution in [0.15, 0.2) is 54.5 Å². The molecule has 0 bridgehead atoms. The fraction of sp³-hybridized carbons (Fsp3) is 0.308. The maximum atomic E-state index is 13.7. The fourth-order valence-electron chi connectivity index (χ4n) is 3.99. The number of anilines is 2. The van der Waals surface area contributed by atoms with Gasteiger partial charge >= 0.3 is 0 Å². The van der Waals surface area contributed by atoms with Crippen molar-refractivity contribution in [1.29, 1.82) is 5.26 Å². The highest BCUT2D eigenvalue weighted by atomic mass is 35.5. The van der Waals surface area contributed by atoms with Gasteiger partial charge in [0.2, 0.25) is 0 Å². The van der Waals surface area contributed by atoms with Crippen molar-refractivity contribution in [2.24, 2.45) is 0 Å². The number of aromatic nitrogens is 1. The van der Waals surface area contributed by atoms with E-state index in [1.165, 1.54) is 18.3 Å². The zero-order valence-electron chi connectivity index (χ0n) is 20.7. The van der Waals surface area contributed by atoms with E-state index in [9.17, 15) is 11.0 Å². The molecule has 4 N–H and O–H groups in total. The Balaban J connectivity index is 1.62. The van der Waals surface area contributed by atoms with Gasteiger partial charge in [-0.25, -0.2) is 4.39 Å². The molecule has 7 nitrogen and oxygen atoms in total. The van der Waals surface area contributed by atoms with E-state index in [2.05, 4.69) is 32.6 Å². The van der Waals surface area contributed by atoms with Crippen molar-refractivity contribution in [3.05, 3.63) is 76.5 Å². The van der Waals surface area contributed by atoms with Crippen LogP contribution in [0.25, 0.3) is 10.9 Å². The summed E-state index contributed by atoms with van der Waals surface area (Å²) in [6, 6.07) is 10.5. The first-order valence-electron chi connectivity index (χ1n) is 11.9. The van der Waals surface area contributed by atoms with Crippen LogP contribution in [-0.2, 0) is 0 Å². The van der Waals surface area contributed by atoms with Gasteiger partial charge in [-0.3, -0.25) is 9.99 Å². The van der Waals surface area contributed by atoms with Gasteiger partial charge in [-0.05, 0) is 63.4 Å². The molecule has 0 unspecified atom stereocenters. The number of hydrogen-bond donors (Lipinski definition) is 4. The number of hydrazine groups is 2. The lowest BCUT2D eigenvalue weighted by molar-refractivity contribution is 0.260. The standard InChI is InChI=1S/C26H27ClFN7/c1-26(2,3)32-23-16(12-29)13-30-25-20(23)10-18(11-21(25)27)31-24(15-4-6-17(28)7-5-15)22-14-35(34-33-22)19-8-9-19/h4-7,10-11,13-14,19,24,31,33-34H,8-9H2,1-3H3,(H,30,32)/t24-/m1/s1/i24D. The van der Waals surface area contributed by atoms with Crippen molar-refractivity contribution >= 4 is 33.9 Å². The SMILES string of the molecule is [2H][C@](Nc1cc(Cl)c2ncc(C#N)c(NC(C)(C)C)c2c1)(C1=CN(C2CC2)NN1)c1ccc(F)cc1. The van der Waals surface area contributed by atoms with Gasteiger partial charge in [0, 0.05) is 35.1 Å². The average Bonchev–Trinajstić information content (AvgIpc) is 3.55. The summed E-state index contributed by atoms with van der Waals surface area (Å²) in [6.45, 7) is 6.01. The molecule has 0 spiro atoms. The number of nitrogens with one attached hydrogen (secondary N) is 4. The predicted molar refractivity (Wildman–Crippen MR) is 137 cm³/mol. The number of hydrogen-bond acceptors (Lipinski definition) is 7. The molecule has 9 heteroatoms. The van der Waals surface area contributed by atoms with Crippen LogP contribution in [0.2, 0.25) is 5.02 Å². The zero-order valence-corrected chi connectivity index (χ0v) is 20.5. The summed E-state index contributed by atoms with van der Waals surface area (Å²) in [7, 11) is 0. The van der Waals surface area contributed by atoms with Crippen molar-refractivity contribution in [2.75, 3.05) is 10.6 Å². The monoisotopic (exact) mass is 492 g/mol. The molecule has 0 amide bonds. The van der Waals surface area contributed by atoms with E-state index < -0.39 is 6.02 Å². The highest BCUT2D eigenvalue weighted by molar-refractivity contribution is 6.35. The quantitative estimate of drug-likeness (QED) is 0.356. The highest BCUT2D eigenvalue weighted by Gasteiger charge is 2.32. The van der Waals surface area contributed by atoms with Gasteiger partial charge in [-0.1, -0.05) is 23.7 Å². The third kappa shape index (κ3) is 4.97. The third-order valence-corrected chi connectivity index (χ3v) is 6.03. The van der Waals surface area contributed by atoms with E-state index in [-0.39, 0.29) is 11.4 Å². The predicted octanol–water partition coefficient (Wildman–Crippen LogP) is 5.59. The summed E-state index contributed by atoms with van der Waals surface area (Å²) < 4.78 is 23.3. The summed E-state index contributed by atoms with van der Waals surface area (Å²) in [4.78, 5) is 4.41. The minimum Gasteiger partial charge on any atom is -0.379 e. The van der Waals surface area contributed by atoms with Crippen LogP contribution in [-0.4, -0.2) is 21.6 Å². The highest BCUT2D eigenvalue weighted by Crippen LogP contribution is 2.37. The minimum atomic E-state index is -1.50. The molecule has 1 aliphatic heterocycles. The Morgan fingerprint density at radius 2 is 2.03 bits per heavy atom. The molecule has 35 heavy (non-hydrogen) atoms. The molecule has 1 aliphatic carbocycles. The normalized spacial score (nSPS) is 17.8. The molecule has 2 heterocycles. The zero-order chi connectivity index (χ0) is 25.7. The Morgan fingerprint density at radius 1 is 1.29 bits per heavy atom. The summed E-state index contributed by atoms with van der Waals surface area (Å²) in [5.74, 6) is -0.381. The van der Waals surface area contributed by atoms with Gasteiger partial charge in [0.1, 0.15) is 11.9 Å². The van der Waals surface area contributed by atoms with E-state index in [4.69, 9.17) is 11.6 Å². The number of benzene rings is 2. The smallest absolute Gasteiger partial charge is 0.123 e. The summed E-state index contributed by atoms with van der Waals surface area (Å²) in [5.41, 5.74) is 9.09. The van der Waals surface area contributed by atoms with E-state index in [0.29, 0.717) is 50.2 Å². The molecule has 0 radical (unpaired) electrons. The van der Waals surface area contributed by atoms with Crippen LogP contribution in [0.3, 0.4) is 0 Å². The molecule has 5 rings (SSSR count). The van der Waals surface area contributed by atoms with Gasteiger partial charge in [0.05, 0.1) is 34.9 Å². The molecule has 3 aromatic rings. The number of nitrogens with zero attached hydrogens (tertiary/aromatic N) is 3. The molecule has 1 aromatic heterocycles. The summed E-state index contributed by atoms with van der Waals surface area (Å²) >= 11 is 6.65. The Labute approximate surface area is 210 Å². The molecule has 2 aliphatic rings. The largest absolute Gasteiger partial charge is 0.379 e. The van der Waals surface area contributed by atoms with Crippen molar-refractivity contribution in [3.63, 3.8) is 0 Å². The molecule has 1 atom stereocenters. The number of halogens is 2. The minimum absolute atomic E-state index is 0.320. The topological polar surface area (TPSA) is 88.0 Å². The Morgan fingerprint density at radius 3 is 2.69 bits per heavy atom. The molecule has 1 saturated carbocycles. The van der Waals surface area contributed by atoms with Gasteiger partial charge < -0.3 is 16.1 Å². The number of nitriles is 1. The molecular weight excluding hydrogens is 465 g/mol. The van der Waals surface area contributed by atoms with E-state index in [1.807, 2.05) is 38.0 Å².